The highest BCUT2D eigenvalue weighted by molar-refractivity contribution is 5.82. The molecule has 1 unspecified atom stereocenters. The number of hydrogen-bond donors (Lipinski definition) is 4. The Morgan fingerprint density at radius 3 is 2.87 bits per heavy atom. The zero-order valence-electron chi connectivity index (χ0n) is 18.0. The maximum absolute atomic E-state index is 5.47. The van der Waals surface area contributed by atoms with Gasteiger partial charge in [-0.15, -0.1) is 0 Å². The van der Waals surface area contributed by atoms with Crippen LogP contribution in [0.4, 0.5) is 23.3 Å². The van der Waals surface area contributed by atoms with Gasteiger partial charge in [-0.05, 0) is 31.9 Å². The lowest BCUT2D eigenvalue weighted by atomic mass is 10.1. The molecule has 1 aliphatic carbocycles. The average molecular weight is 412 g/mol. The minimum Gasteiger partial charge on any atom is -0.378 e. The lowest BCUT2D eigenvalue weighted by Gasteiger charge is -2.29. The summed E-state index contributed by atoms with van der Waals surface area (Å²) in [4.78, 5) is 11.8. The number of morpholine rings is 1. The first-order chi connectivity index (χ1) is 14.7. The highest BCUT2D eigenvalue weighted by atomic mass is 16.5. The van der Waals surface area contributed by atoms with Crippen molar-refractivity contribution in [2.75, 3.05) is 54.2 Å². The molecule has 0 spiro atoms. The second-order valence-electron chi connectivity index (χ2n) is 7.92. The van der Waals surface area contributed by atoms with Gasteiger partial charge in [0.05, 0.1) is 19.9 Å². The van der Waals surface area contributed by atoms with Crippen LogP contribution in [0, 0.1) is 0 Å². The molecule has 8 nitrogen and oxygen atoms in total. The first-order valence-corrected chi connectivity index (χ1v) is 11.1. The Morgan fingerprint density at radius 2 is 2.03 bits per heavy atom. The van der Waals surface area contributed by atoms with E-state index in [4.69, 9.17) is 9.72 Å². The summed E-state index contributed by atoms with van der Waals surface area (Å²) in [5, 5.41) is 13.6. The van der Waals surface area contributed by atoms with Gasteiger partial charge in [-0.25, -0.2) is 0 Å². The Hall–Kier alpha value is -2.74. The molecule has 0 radical (unpaired) electrons. The van der Waals surface area contributed by atoms with Crippen molar-refractivity contribution < 1.29 is 4.74 Å². The normalized spacial score (nSPS) is 19.1. The van der Waals surface area contributed by atoms with Crippen molar-refractivity contribution in [3.8, 4) is 0 Å². The van der Waals surface area contributed by atoms with Crippen LogP contribution >= 0.6 is 0 Å². The summed E-state index contributed by atoms with van der Waals surface area (Å²) in [5.74, 6) is 2.28. The fraction of sp³-hybridized carbons (Fsp3) is 0.545. The van der Waals surface area contributed by atoms with Crippen LogP contribution in [0.3, 0.4) is 0 Å². The van der Waals surface area contributed by atoms with Crippen LogP contribution in [0.1, 0.15) is 39.5 Å². The van der Waals surface area contributed by atoms with Crippen LogP contribution in [-0.4, -0.2) is 53.9 Å². The smallest absolute Gasteiger partial charge is 0.231 e. The van der Waals surface area contributed by atoms with Gasteiger partial charge < -0.3 is 30.9 Å². The van der Waals surface area contributed by atoms with Crippen LogP contribution in [0.25, 0.3) is 0 Å². The van der Waals surface area contributed by atoms with Crippen LogP contribution in [-0.2, 0) is 4.74 Å². The predicted molar refractivity (Wildman–Crippen MR) is 123 cm³/mol. The molecule has 4 N–H and O–H groups in total. The summed E-state index contributed by atoms with van der Waals surface area (Å²) in [7, 11) is 0. The van der Waals surface area contributed by atoms with Crippen molar-refractivity contribution in [3.05, 3.63) is 35.7 Å². The molecule has 162 valence electrons. The van der Waals surface area contributed by atoms with E-state index in [1.54, 1.807) is 0 Å². The van der Waals surface area contributed by atoms with E-state index in [9.17, 15) is 0 Å². The molecule has 3 heterocycles. The van der Waals surface area contributed by atoms with Crippen molar-refractivity contribution in [1.29, 1.82) is 0 Å². The van der Waals surface area contributed by atoms with Gasteiger partial charge in [-0.2, -0.15) is 9.97 Å². The number of rotatable bonds is 8. The van der Waals surface area contributed by atoms with E-state index in [0.717, 1.165) is 62.2 Å². The van der Waals surface area contributed by atoms with E-state index in [-0.39, 0.29) is 0 Å². The molecule has 0 bridgehead atoms. The van der Waals surface area contributed by atoms with Gasteiger partial charge in [-0.1, -0.05) is 31.9 Å². The summed E-state index contributed by atoms with van der Waals surface area (Å²) in [6, 6.07) is 0.358. The fourth-order valence-electron chi connectivity index (χ4n) is 3.84. The van der Waals surface area contributed by atoms with E-state index < -0.39 is 0 Å². The number of ether oxygens (including phenoxy) is 1. The molecule has 1 aromatic rings. The number of aromatic nitrogens is 2. The second kappa shape index (κ2) is 9.84. The Labute approximate surface area is 178 Å². The van der Waals surface area contributed by atoms with Crippen LogP contribution < -0.4 is 21.3 Å². The lowest BCUT2D eigenvalue weighted by Crippen LogP contribution is -2.35. The molecule has 1 fully saturated rings. The number of hydrogen-bond acceptors (Lipinski definition) is 8. The highest BCUT2D eigenvalue weighted by Crippen LogP contribution is 2.33. The summed E-state index contributed by atoms with van der Waals surface area (Å²) >= 11 is 0. The molecule has 8 heteroatoms. The molecule has 3 aliphatic rings. The number of nitrogens with zero attached hydrogens (tertiary/aromatic N) is 3. The largest absolute Gasteiger partial charge is 0.378 e. The van der Waals surface area contributed by atoms with Crippen LogP contribution in [0.5, 0.6) is 0 Å². The summed E-state index contributed by atoms with van der Waals surface area (Å²) in [6.45, 7) is 8.56. The zero-order valence-corrected chi connectivity index (χ0v) is 18.0. The minimum absolute atomic E-state index is 0.358. The third-order valence-corrected chi connectivity index (χ3v) is 5.53. The van der Waals surface area contributed by atoms with E-state index in [2.05, 4.69) is 69.3 Å². The fourth-order valence-corrected chi connectivity index (χ4v) is 3.84. The molecule has 30 heavy (non-hydrogen) atoms. The number of anilines is 4. The zero-order chi connectivity index (χ0) is 20.8. The first-order valence-electron chi connectivity index (χ1n) is 11.1. The average Bonchev–Trinajstić information content (AvgIpc) is 3.12. The Kier molecular flexibility index (Phi) is 6.74. The van der Waals surface area contributed by atoms with Crippen molar-refractivity contribution in [2.45, 2.75) is 45.6 Å². The van der Waals surface area contributed by atoms with Gasteiger partial charge in [0.15, 0.2) is 11.6 Å². The van der Waals surface area contributed by atoms with E-state index in [1.807, 2.05) is 0 Å². The van der Waals surface area contributed by atoms with Crippen molar-refractivity contribution in [2.24, 2.45) is 0 Å². The highest BCUT2D eigenvalue weighted by Gasteiger charge is 2.20. The van der Waals surface area contributed by atoms with Gasteiger partial charge >= 0.3 is 0 Å². The van der Waals surface area contributed by atoms with E-state index in [1.165, 1.54) is 18.5 Å². The van der Waals surface area contributed by atoms with Gasteiger partial charge in [0, 0.05) is 30.5 Å². The number of fused-ring (bicyclic) bond motifs is 1. The number of allylic oxidation sites excluding steroid dienone is 4. The van der Waals surface area contributed by atoms with Crippen LogP contribution in [0.2, 0.25) is 0 Å². The number of nitrogens with one attached hydrogen (secondary N) is 4. The molecular weight excluding hydrogens is 378 g/mol. The maximum Gasteiger partial charge on any atom is 0.231 e. The van der Waals surface area contributed by atoms with Gasteiger partial charge in [0.1, 0.15) is 5.69 Å². The second-order valence-corrected chi connectivity index (χ2v) is 7.92. The SMILES string of the molecule is CCCCC(C)Nc1nc(NC2=CCC=C(N3CCOCC3)C=C2)nc2c1NCN2. The van der Waals surface area contributed by atoms with Crippen molar-refractivity contribution >= 4 is 23.3 Å². The molecule has 2 aliphatic heterocycles. The Morgan fingerprint density at radius 1 is 1.17 bits per heavy atom. The lowest BCUT2D eigenvalue weighted by molar-refractivity contribution is 0.0553. The third-order valence-electron chi connectivity index (χ3n) is 5.53. The molecule has 1 aromatic heterocycles. The van der Waals surface area contributed by atoms with Crippen molar-refractivity contribution in [1.82, 2.24) is 14.9 Å². The Bertz CT molecular complexity index is 827. The molecule has 1 atom stereocenters. The molecule has 1 saturated heterocycles. The van der Waals surface area contributed by atoms with Crippen molar-refractivity contribution in [3.63, 3.8) is 0 Å². The monoisotopic (exact) mass is 411 g/mol. The molecule has 0 aromatic carbocycles. The predicted octanol–water partition coefficient (Wildman–Crippen LogP) is 3.73. The van der Waals surface area contributed by atoms with Gasteiger partial charge in [0.25, 0.3) is 0 Å². The summed E-state index contributed by atoms with van der Waals surface area (Å²) in [6.07, 6.45) is 13.1. The number of unbranched alkanes of at least 4 members (excludes halogenated alkanes) is 1. The Balaban J connectivity index is 1.45. The maximum atomic E-state index is 5.47. The molecule has 0 saturated carbocycles. The van der Waals surface area contributed by atoms with Gasteiger partial charge in [-0.3, -0.25) is 0 Å². The molecule has 4 rings (SSSR count). The third kappa shape index (κ3) is 5.05. The quantitative estimate of drug-likeness (QED) is 0.515. The van der Waals surface area contributed by atoms with Gasteiger partial charge in [0.2, 0.25) is 5.95 Å². The summed E-state index contributed by atoms with van der Waals surface area (Å²) in [5.41, 5.74) is 3.20. The van der Waals surface area contributed by atoms with E-state index >= 15 is 0 Å². The van der Waals surface area contributed by atoms with Crippen LogP contribution in [0.15, 0.2) is 35.7 Å². The van der Waals surface area contributed by atoms with E-state index in [0.29, 0.717) is 18.7 Å². The molecular formula is C22H33N7O. The molecule has 0 amide bonds. The minimum atomic E-state index is 0.358. The topological polar surface area (TPSA) is 86.4 Å². The first kappa shape index (κ1) is 20.5. The standard InChI is InChI=1S/C22H33N7O/c1-3-4-6-16(2)25-21-19-20(24-15-23-19)27-22(28-21)26-17-7-5-8-18(10-9-17)29-11-13-30-14-12-29/h7-10,16,23H,3-6,11-15H2,1-2H3,(H3,24,25,26,27,28). The summed E-state index contributed by atoms with van der Waals surface area (Å²) < 4.78 is 5.47.